The first-order chi connectivity index (χ1) is 15.2. The summed E-state index contributed by atoms with van der Waals surface area (Å²) in [5.74, 6) is 7.57. The van der Waals surface area contributed by atoms with Crippen LogP contribution in [0.2, 0.25) is 0 Å². The summed E-state index contributed by atoms with van der Waals surface area (Å²) in [4.78, 5) is 0. The second-order valence-corrected chi connectivity index (χ2v) is 13.5. The SMILES string of the molecule is CC.CC(C)CCC[C@@H](C)C1CCC2C3CC=C4CC(C(C)C)CCC4(C)C3CCC21C. The molecule has 0 aliphatic heterocycles. The van der Waals surface area contributed by atoms with Gasteiger partial charge in [0, 0.05) is 0 Å². The van der Waals surface area contributed by atoms with E-state index in [0.29, 0.717) is 10.8 Å². The van der Waals surface area contributed by atoms with E-state index in [9.17, 15) is 0 Å². The van der Waals surface area contributed by atoms with Crippen molar-refractivity contribution in [3.05, 3.63) is 11.6 Å². The van der Waals surface area contributed by atoms with Crippen molar-refractivity contribution in [3.8, 4) is 0 Å². The molecule has 0 nitrogen and oxygen atoms in total. The number of allylic oxidation sites excluding steroid dienone is 2. The van der Waals surface area contributed by atoms with Crippen LogP contribution in [0, 0.1) is 58.2 Å². The molecule has 0 N–H and O–H groups in total. The molecule has 3 fully saturated rings. The summed E-state index contributed by atoms with van der Waals surface area (Å²) in [5, 5.41) is 0. The summed E-state index contributed by atoms with van der Waals surface area (Å²) in [6.07, 6.45) is 19.0. The van der Waals surface area contributed by atoms with Gasteiger partial charge < -0.3 is 0 Å². The zero-order valence-electron chi connectivity index (χ0n) is 23.5. The average Bonchev–Trinajstić information content (AvgIpc) is 3.11. The molecule has 0 aromatic carbocycles. The minimum Gasteiger partial charge on any atom is -0.0845 e. The Bertz CT molecular complexity index is 626. The fourth-order valence-electron chi connectivity index (χ4n) is 9.28. The zero-order valence-corrected chi connectivity index (χ0v) is 23.5. The predicted molar refractivity (Wildman–Crippen MR) is 143 cm³/mol. The monoisotopic (exact) mass is 442 g/mol. The summed E-state index contributed by atoms with van der Waals surface area (Å²) in [6, 6.07) is 0. The topological polar surface area (TPSA) is 0 Å². The van der Waals surface area contributed by atoms with E-state index >= 15 is 0 Å². The van der Waals surface area contributed by atoms with Gasteiger partial charge in [-0.05, 0) is 110 Å². The summed E-state index contributed by atoms with van der Waals surface area (Å²) in [7, 11) is 0. The van der Waals surface area contributed by atoms with Crippen molar-refractivity contribution in [1.82, 2.24) is 0 Å². The molecule has 4 rings (SSSR count). The van der Waals surface area contributed by atoms with Crippen molar-refractivity contribution in [2.45, 2.75) is 133 Å². The van der Waals surface area contributed by atoms with Gasteiger partial charge in [-0.2, -0.15) is 0 Å². The van der Waals surface area contributed by atoms with E-state index in [1.807, 2.05) is 19.4 Å². The van der Waals surface area contributed by atoms with Crippen molar-refractivity contribution in [2.75, 3.05) is 0 Å². The minimum atomic E-state index is 0.538. The Labute approximate surface area is 202 Å². The van der Waals surface area contributed by atoms with Gasteiger partial charge in [-0.25, -0.2) is 0 Å². The molecule has 0 spiro atoms. The highest BCUT2D eigenvalue weighted by atomic mass is 14.6. The van der Waals surface area contributed by atoms with E-state index in [0.717, 1.165) is 47.3 Å². The van der Waals surface area contributed by atoms with E-state index in [2.05, 4.69) is 54.5 Å². The molecule has 0 aromatic heterocycles. The van der Waals surface area contributed by atoms with E-state index in [1.54, 1.807) is 0 Å². The molecular formula is C32H58. The van der Waals surface area contributed by atoms with Crippen molar-refractivity contribution < 1.29 is 0 Å². The Morgan fingerprint density at radius 2 is 1.59 bits per heavy atom. The van der Waals surface area contributed by atoms with Crippen LogP contribution in [-0.2, 0) is 0 Å². The van der Waals surface area contributed by atoms with Crippen molar-refractivity contribution in [2.24, 2.45) is 58.2 Å². The molecule has 4 aliphatic rings. The molecule has 0 aromatic rings. The maximum absolute atomic E-state index is 2.78. The molecule has 4 aliphatic carbocycles. The summed E-state index contributed by atoms with van der Waals surface area (Å²) in [5.41, 5.74) is 3.06. The van der Waals surface area contributed by atoms with E-state index in [-0.39, 0.29) is 0 Å². The van der Waals surface area contributed by atoms with Gasteiger partial charge in [0.1, 0.15) is 0 Å². The molecule has 7 unspecified atom stereocenters. The fourth-order valence-corrected chi connectivity index (χ4v) is 9.28. The lowest BCUT2D eigenvalue weighted by molar-refractivity contribution is -0.0538. The average molecular weight is 443 g/mol. The highest BCUT2D eigenvalue weighted by Crippen LogP contribution is 2.67. The molecule has 0 heteroatoms. The van der Waals surface area contributed by atoms with Gasteiger partial charge in [0.05, 0.1) is 0 Å². The molecule has 0 amide bonds. The normalized spacial score (nSPS) is 41.8. The second-order valence-electron chi connectivity index (χ2n) is 13.5. The van der Waals surface area contributed by atoms with Crippen molar-refractivity contribution >= 4 is 0 Å². The van der Waals surface area contributed by atoms with Crippen LogP contribution in [0.3, 0.4) is 0 Å². The Morgan fingerprint density at radius 3 is 2.25 bits per heavy atom. The van der Waals surface area contributed by atoms with Crippen LogP contribution in [-0.4, -0.2) is 0 Å². The Morgan fingerprint density at radius 1 is 0.875 bits per heavy atom. The Balaban J connectivity index is 0.00000141. The fraction of sp³-hybridized carbons (Fsp3) is 0.938. The van der Waals surface area contributed by atoms with E-state index in [1.165, 1.54) is 70.6 Å². The Hall–Kier alpha value is -0.260. The highest BCUT2D eigenvalue weighted by Gasteiger charge is 2.59. The van der Waals surface area contributed by atoms with Crippen molar-refractivity contribution in [1.29, 1.82) is 0 Å². The first-order valence-electron chi connectivity index (χ1n) is 14.9. The largest absolute Gasteiger partial charge is 0.0845 e. The first kappa shape index (κ1) is 26.3. The van der Waals surface area contributed by atoms with Gasteiger partial charge in [-0.3, -0.25) is 0 Å². The van der Waals surface area contributed by atoms with Crippen LogP contribution in [0.5, 0.6) is 0 Å². The van der Waals surface area contributed by atoms with Gasteiger partial charge >= 0.3 is 0 Å². The highest BCUT2D eigenvalue weighted by molar-refractivity contribution is 5.25. The minimum absolute atomic E-state index is 0.538. The third-order valence-corrected chi connectivity index (χ3v) is 11.3. The van der Waals surface area contributed by atoms with Gasteiger partial charge in [0.25, 0.3) is 0 Å². The van der Waals surface area contributed by atoms with E-state index < -0.39 is 0 Å². The van der Waals surface area contributed by atoms with Crippen LogP contribution in [0.4, 0.5) is 0 Å². The summed E-state index contributed by atoms with van der Waals surface area (Å²) < 4.78 is 0. The number of hydrogen-bond donors (Lipinski definition) is 0. The van der Waals surface area contributed by atoms with Crippen LogP contribution in [0.15, 0.2) is 11.6 Å². The molecule has 32 heavy (non-hydrogen) atoms. The zero-order chi connectivity index (χ0) is 23.7. The van der Waals surface area contributed by atoms with E-state index in [4.69, 9.17) is 0 Å². The lowest BCUT2D eigenvalue weighted by Crippen LogP contribution is -2.50. The molecular weight excluding hydrogens is 384 g/mol. The molecule has 0 radical (unpaired) electrons. The van der Waals surface area contributed by atoms with Crippen LogP contribution in [0.1, 0.15) is 133 Å². The van der Waals surface area contributed by atoms with Crippen LogP contribution in [0.25, 0.3) is 0 Å². The third kappa shape index (κ3) is 4.77. The summed E-state index contributed by atoms with van der Waals surface area (Å²) >= 11 is 0. The standard InChI is InChI=1S/C30H52.C2H6/c1-20(2)9-8-10-22(5)26-13-14-27-25-12-11-24-19-23(21(3)4)15-17-29(24,6)28(25)16-18-30(26,27)7;1-2/h11,20-23,25-28H,8-10,12-19H2,1-7H3;1-2H3/t22-,23?,25?,26?,27?,28?,29?,30?;/m1./s1. The van der Waals surface area contributed by atoms with Gasteiger partial charge in [-0.1, -0.05) is 93.2 Å². The first-order valence-corrected chi connectivity index (χ1v) is 14.9. The molecule has 186 valence electrons. The second kappa shape index (κ2) is 10.6. The Kier molecular flexibility index (Phi) is 8.69. The number of hydrogen-bond acceptors (Lipinski definition) is 0. The molecule has 0 saturated heterocycles. The third-order valence-electron chi connectivity index (χ3n) is 11.3. The lowest BCUT2D eigenvalue weighted by atomic mass is 9.46. The predicted octanol–water partition coefficient (Wildman–Crippen LogP) is 10.3. The maximum atomic E-state index is 2.78. The lowest BCUT2D eigenvalue weighted by Gasteiger charge is -2.59. The van der Waals surface area contributed by atoms with Gasteiger partial charge in [0.15, 0.2) is 0 Å². The quantitative estimate of drug-likeness (QED) is 0.359. The number of rotatable bonds is 6. The van der Waals surface area contributed by atoms with Gasteiger partial charge in [0.2, 0.25) is 0 Å². The van der Waals surface area contributed by atoms with Crippen LogP contribution >= 0.6 is 0 Å². The molecule has 3 saturated carbocycles. The molecule has 8 atom stereocenters. The number of fused-ring (bicyclic) bond motifs is 5. The molecule has 0 heterocycles. The maximum Gasteiger partial charge on any atom is -0.00851 e. The smallest absolute Gasteiger partial charge is 0.00851 e. The summed E-state index contributed by atoms with van der Waals surface area (Å²) in [6.45, 7) is 21.7. The van der Waals surface area contributed by atoms with Crippen LogP contribution < -0.4 is 0 Å². The van der Waals surface area contributed by atoms with Gasteiger partial charge in [-0.15, -0.1) is 0 Å². The molecule has 0 bridgehead atoms. The van der Waals surface area contributed by atoms with Crippen molar-refractivity contribution in [3.63, 3.8) is 0 Å².